The summed E-state index contributed by atoms with van der Waals surface area (Å²) in [5.74, 6) is 0. The number of unbranched alkanes of at least 4 members (excludes halogenated alkanes) is 3. The van der Waals surface area contributed by atoms with Gasteiger partial charge >= 0.3 is 24.1 Å². The Bertz CT molecular complexity index is 283. The SMILES string of the molecule is CCCCCCP1(=O)O[P+](=O)O[P+](=O)O1. The van der Waals surface area contributed by atoms with E-state index in [1.54, 1.807) is 0 Å². The average Bonchev–Trinajstić information content (AvgIpc) is 2.10. The molecule has 86 valence electrons. The molecule has 1 aliphatic heterocycles. The average molecular weight is 274 g/mol. The normalized spacial score (nSPS) is 31.8. The van der Waals surface area contributed by atoms with Crippen LogP contribution in [0.25, 0.3) is 0 Å². The van der Waals surface area contributed by atoms with Gasteiger partial charge in [0.2, 0.25) is 0 Å². The molecule has 0 spiro atoms. The minimum Gasteiger partial charge on any atom is -0.252 e. The van der Waals surface area contributed by atoms with Crippen molar-refractivity contribution in [1.29, 1.82) is 0 Å². The maximum absolute atomic E-state index is 11.7. The second kappa shape index (κ2) is 6.15. The molecule has 1 rings (SSSR count). The molecule has 15 heavy (non-hydrogen) atoms. The van der Waals surface area contributed by atoms with Crippen molar-refractivity contribution in [2.24, 2.45) is 0 Å². The fourth-order valence-electron chi connectivity index (χ4n) is 1.12. The van der Waals surface area contributed by atoms with Crippen molar-refractivity contribution in [3.8, 4) is 0 Å². The van der Waals surface area contributed by atoms with E-state index in [4.69, 9.17) is 0 Å². The summed E-state index contributed by atoms with van der Waals surface area (Å²) in [6.07, 6.45) is 3.74. The predicted molar refractivity (Wildman–Crippen MR) is 55.1 cm³/mol. The molecule has 0 aromatic carbocycles. The Labute approximate surface area is 90.1 Å². The first-order valence-electron chi connectivity index (χ1n) is 4.67. The Kier molecular flexibility index (Phi) is 5.48. The van der Waals surface area contributed by atoms with Gasteiger partial charge in [-0.1, -0.05) is 26.2 Å². The molecule has 0 aromatic heterocycles. The van der Waals surface area contributed by atoms with Crippen LogP contribution in [-0.4, -0.2) is 6.16 Å². The minimum atomic E-state index is -3.46. The quantitative estimate of drug-likeness (QED) is 0.553. The zero-order chi connectivity index (χ0) is 11.3. The van der Waals surface area contributed by atoms with E-state index < -0.39 is 24.1 Å². The van der Waals surface area contributed by atoms with Gasteiger partial charge in [-0.2, -0.15) is 0 Å². The van der Waals surface area contributed by atoms with Crippen LogP contribution in [0.4, 0.5) is 0 Å². The highest BCUT2D eigenvalue weighted by molar-refractivity contribution is 7.69. The largest absolute Gasteiger partial charge is 0.756 e. The predicted octanol–water partition coefficient (Wildman–Crippen LogP) is 4.14. The van der Waals surface area contributed by atoms with Crippen molar-refractivity contribution < 1.29 is 26.6 Å². The van der Waals surface area contributed by atoms with Gasteiger partial charge in [0.05, 0.1) is 6.16 Å². The highest BCUT2D eigenvalue weighted by atomic mass is 31.3. The van der Waals surface area contributed by atoms with Crippen LogP contribution in [0.3, 0.4) is 0 Å². The highest BCUT2D eigenvalue weighted by Crippen LogP contribution is 2.68. The summed E-state index contributed by atoms with van der Waals surface area (Å²) in [4.78, 5) is 0. The molecule has 0 amide bonds. The summed E-state index contributed by atoms with van der Waals surface area (Å²) in [5, 5.41) is 0. The van der Waals surface area contributed by atoms with Crippen LogP contribution in [0, 0.1) is 0 Å². The van der Waals surface area contributed by atoms with Crippen molar-refractivity contribution >= 4 is 24.1 Å². The monoisotopic (exact) mass is 274 g/mol. The van der Waals surface area contributed by atoms with Crippen molar-refractivity contribution in [3.05, 3.63) is 0 Å². The fraction of sp³-hybridized carbons (Fsp3) is 1.00. The smallest absolute Gasteiger partial charge is 0.252 e. The van der Waals surface area contributed by atoms with Crippen LogP contribution in [0.2, 0.25) is 0 Å². The van der Waals surface area contributed by atoms with Gasteiger partial charge in [0.25, 0.3) is 0 Å². The second-order valence-electron chi connectivity index (χ2n) is 3.09. The highest BCUT2D eigenvalue weighted by Gasteiger charge is 2.59. The van der Waals surface area contributed by atoms with Crippen LogP contribution in [-0.2, 0) is 26.6 Å². The van der Waals surface area contributed by atoms with E-state index in [1.807, 2.05) is 0 Å². The Morgan fingerprint density at radius 2 is 1.67 bits per heavy atom. The molecule has 1 saturated heterocycles. The number of rotatable bonds is 5. The zero-order valence-electron chi connectivity index (χ0n) is 8.33. The van der Waals surface area contributed by atoms with Gasteiger partial charge in [-0.05, 0) is 15.0 Å². The molecular formula is C6H13O6P3+2. The van der Waals surface area contributed by atoms with Crippen LogP contribution in [0.5, 0.6) is 0 Å². The summed E-state index contributed by atoms with van der Waals surface area (Å²) in [6.45, 7) is 2.05. The van der Waals surface area contributed by atoms with E-state index in [2.05, 4.69) is 19.9 Å². The van der Waals surface area contributed by atoms with Gasteiger partial charge in [0, 0.05) is 9.13 Å². The maximum atomic E-state index is 11.7. The van der Waals surface area contributed by atoms with Crippen LogP contribution in [0.1, 0.15) is 32.6 Å². The first-order chi connectivity index (χ1) is 7.06. The van der Waals surface area contributed by atoms with Gasteiger partial charge in [-0.25, -0.2) is 0 Å². The van der Waals surface area contributed by atoms with E-state index in [0.29, 0.717) is 6.42 Å². The van der Waals surface area contributed by atoms with Crippen molar-refractivity contribution in [2.45, 2.75) is 32.6 Å². The first kappa shape index (κ1) is 13.4. The molecule has 2 unspecified atom stereocenters. The van der Waals surface area contributed by atoms with Gasteiger partial charge < -0.3 is 0 Å². The lowest BCUT2D eigenvalue weighted by atomic mass is 10.2. The molecule has 1 fully saturated rings. The molecule has 1 heterocycles. The third kappa shape index (κ3) is 4.78. The summed E-state index contributed by atoms with van der Waals surface area (Å²) in [7, 11) is -8.59. The van der Waals surface area contributed by atoms with Crippen molar-refractivity contribution in [1.82, 2.24) is 0 Å². The van der Waals surface area contributed by atoms with Gasteiger partial charge in [0.1, 0.15) is 0 Å². The number of hydrogen-bond acceptors (Lipinski definition) is 6. The molecule has 9 heteroatoms. The molecule has 2 atom stereocenters. The van der Waals surface area contributed by atoms with Crippen LogP contribution >= 0.6 is 24.1 Å². The van der Waals surface area contributed by atoms with E-state index in [-0.39, 0.29) is 6.16 Å². The van der Waals surface area contributed by atoms with Gasteiger partial charge in [-0.15, -0.1) is 0 Å². The maximum Gasteiger partial charge on any atom is 0.756 e. The topological polar surface area (TPSA) is 78.9 Å². The summed E-state index contributed by atoms with van der Waals surface area (Å²) in [6, 6.07) is 0. The molecule has 6 nitrogen and oxygen atoms in total. The summed E-state index contributed by atoms with van der Waals surface area (Å²) >= 11 is 0. The molecular weight excluding hydrogens is 261 g/mol. The number of hydrogen-bond donors (Lipinski definition) is 0. The molecule has 0 bridgehead atoms. The van der Waals surface area contributed by atoms with Gasteiger partial charge in [-0.3, -0.25) is 4.57 Å². The van der Waals surface area contributed by atoms with E-state index >= 15 is 0 Å². The zero-order valence-corrected chi connectivity index (χ0v) is 11.0. The Hall–Kier alpha value is 0.310. The van der Waals surface area contributed by atoms with Gasteiger partial charge in [0.15, 0.2) is 4.31 Å². The molecule has 0 saturated carbocycles. The van der Waals surface area contributed by atoms with E-state index in [1.165, 1.54) is 0 Å². The summed E-state index contributed by atoms with van der Waals surface area (Å²) in [5.41, 5.74) is 0. The van der Waals surface area contributed by atoms with Crippen molar-refractivity contribution in [2.75, 3.05) is 6.16 Å². The lowest BCUT2D eigenvalue weighted by molar-refractivity contribution is 0.306. The first-order valence-corrected chi connectivity index (χ1v) is 8.59. The molecule has 0 aromatic rings. The Balaban J connectivity index is 2.40. The second-order valence-corrected chi connectivity index (χ2v) is 7.61. The molecule has 0 radical (unpaired) electrons. The van der Waals surface area contributed by atoms with Crippen LogP contribution < -0.4 is 0 Å². The third-order valence-electron chi connectivity index (χ3n) is 1.80. The summed E-state index contributed by atoms with van der Waals surface area (Å²) < 4.78 is 46.7. The standard InChI is InChI=1S/C6H13O6P3/c1-2-3-4-5-6-15(9)11-13(7)10-14(8)12-15/h2-6H2,1H3/q+2. The third-order valence-corrected chi connectivity index (χ3v) is 6.79. The lowest BCUT2D eigenvalue weighted by Crippen LogP contribution is -1.97. The van der Waals surface area contributed by atoms with E-state index in [9.17, 15) is 13.7 Å². The Morgan fingerprint density at radius 3 is 2.20 bits per heavy atom. The van der Waals surface area contributed by atoms with E-state index in [0.717, 1.165) is 19.3 Å². The van der Waals surface area contributed by atoms with Crippen molar-refractivity contribution in [3.63, 3.8) is 0 Å². The molecule has 1 aliphatic rings. The Morgan fingerprint density at radius 1 is 1.07 bits per heavy atom. The lowest BCUT2D eigenvalue weighted by Gasteiger charge is -2.04. The molecule has 0 aliphatic carbocycles. The van der Waals surface area contributed by atoms with Crippen LogP contribution in [0.15, 0.2) is 0 Å². The fourth-order valence-corrected chi connectivity index (χ4v) is 5.60. The minimum absolute atomic E-state index is 0.137. The molecule has 0 N–H and O–H groups in total.